The van der Waals surface area contributed by atoms with Crippen LogP contribution in [0.2, 0.25) is 0 Å². The van der Waals surface area contributed by atoms with E-state index in [4.69, 9.17) is 4.42 Å². The third-order valence-corrected chi connectivity index (χ3v) is 3.72. The second kappa shape index (κ2) is 5.27. The SMILES string of the molecule is CS(=O)(=O)c1ccc(CNC(=O)c2ccoc2)cc1. The Labute approximate surface area is 111 Å². The Morgan fingerprint density at radius 2 is 1.89 bits per heavy atom. The van der Waals surface area contributed by atoms with Crippen LogP contribution in [-0.2, 0) is 16.4 Å². The molecule has 100 valence electrons. The number of hydrogen-bond acceptors (Lipinski definition) is 4. The highest BCUT2D eigenvalue weighted by Crippen LogP contribution is 2.10. The Balaban J connectivity index is 1.99. The normalized spacial score (nSPS) is 11.2. The lowest BCUT2D eigenvalue weighted by Gasteiger charge is -2.04. The summed E-state index contributed by atoms with van der Waals surface area (Å²) in [5.74, 6) is -0.235. The molecule has 19 heavy (non-hydrogen) atoms. The molecule has 0 saturated carbocycles. The lowest BCUT2D eigenvalue weighted by Crippen LogP contribution is -2.22. The summed E-state index contributed by atoms with van der Waals surface area (Å²) in [6, 6.07) is 7.96. The summed E-state index contributed by atoms with van der Waals surface area (Å²) in [6.45, 7) is 0.327. The van der Waals surface area contributed by atoms with E-state index in [2.05, 4.69) is 5.32 Å². The standard InChI is InChI=1S/C13H13NO4S/c1-19(16,17)12-4-2-10(3-5-12)8-14-13(15)11-6-7-18-9-11/h2-7,9H,8H2,1H3,(H,14,15). The Hall–Kier alpha value is -2.08. The van der Waals surface area contributed by atoms with E-state index in [-0.39, 0.29) is 10.8 Å². The molecule has 2 aromatic rings. The third kappa shape index (κ3) is 3.45. The summed E-state index contributed by atoms with van der Waals surface area (Å²) in [5.41, 5.74) is 1.28. The molecule has 0 radical (unpaired) electrons. The summed E-state index contributed by atoms with van der Waals surface area (Å²) in [5, 5.41) is 2.71. The van der Waals surface area contributed by atoms with Gasteiger partial charge in [-0.2, -0.15) is 0 Å². The van der Waals surface area contributed by atoms with E-state index in [0.717, 1.165) is 11.8 Å². The van der Waals surface area contributed by atoms with E-state index in [1.165, 1.54) is 24.7 Å². The van der Waals surface area contributed by atoms with Crippen molar-refractivity contribution >= 4 is 15.7 Å². The molecule has 0 aliphatic rings. The fraction of sp³-hybridized carbons (Fsp3) is 0.154. The Morgan fingerprint density at radius 1 is 1.21 bits per heavy atom. The van der Waals surface area contributed by atoms with Gasteiger partial charge in [0.2, 0.25) is 0 Å². The van der Waals surface area contributed by atoms with Gasteiger partial charge in [0.25, 0.3) is 5.91 Å². The summed E-state index contributed by atoms with van der Waals surface area (Å²) in [7, 11) is -3.19. The van der Waals surface area contributed by atoms with Gasteiger partial charge in [0.1, 0.15) is 6.26 Å². The van der Waals surface area contributed by atoms with Gasteiger partial charge >= 0.3 is 0 Å². The molecule has 0 fully saturated rings. The molecule has 1 heterocycles. The van der Waals surface area contributed by atoms with Crippen LogP contribution in [0.1, 0.15) is 15.9 Å². The van der Waals surface area contributed by atoms with Crippen LogP contribution in [0.5, 0.6) is 0 Å². The fourth-order valence-corrected chi connectivity index (χ4v) is 2.16. The largest absolute Gasteiger partial charge is 0.472 e. The number of rotatable bonds is 4. The van der Waals surface area contributed by atoms with E-state index < -0.39 is 9.84 Å². The van der Waals surface area contributed by atoms with Gasteiger partial charge in [-0.1, -0.05) is 12.1 Å². The first-order valence-electron chi connectivity index (χ1n) is 5.56. The first-order chi connectivity index (χ1) is 8.97. The molecule has 1 aromatic carbocycles. The molecule has 0 unspecified atom stereocenters. The van der Waals surface area contributed by atoms with Crippen molar-refractivity contribution in [2.45, 2.75) is 11.4 Å². The van der Waals surface area contributed by atoms with Gasteiger partial charge in [-0.05, 0) is 23.8 Å². The predicted octanol–water partition coefficient (Wildman–Crippen LogP) is 1.61. The van der Waals surface area contributed by atoms with E-state index in [1.807, 2.05) is 0 Å². The van der Waals surface area contributed by atoms with Crippen LogP contribution in [0.15, 0.2) is 52.2 Å². The van der Waals surface area contributed by atoms with Crippen LogP contribution in [0.25, 0.3) is 0 Å². The first kappa shape index (κ1) is 13.4. The number of carbonyl (C=O) groups excluding carboxylic acids is 1. The highest BCUT2D eigenvalue weighted by Gasteiger charge is 2.08. The van der Waals surface area contributed by atoms with Gasteiger partial charge in [-0.3, -0.25) is 4.79 Å². The van der Waals surface area contributed by atoms with Crippen molar-refractivity contribution in [3.8, 4) is 0 Å². The second-order valence-corrected chi connectivity index (χ2v) is 6.13. The van der Waals surface area contributed by atoms with Crippen molar-refractivity contribution in [3.05, 3.63) is 54.0 Å². The molecule has 1 amide bonds. The molecule has 1 N–H and O–H groups in total. The highest BCUT2D eigenvalue weighted by molar-refractivity contribution is 7.90. The monoisotopic (exact) mass is 279 g/mol. The van der Waals surface area contributed by atoms with Crippen molar-refractivity contribution in [1.29, 1.82) is 0 Å². The fourth-order valence-electron chi connectivity index (χ4n) is 1.53. The molecule has 0 spiro atoms. The molecule has 1 aromatic heterocycles. The number of amides is 1. The predicted molar refractivity (Wildman–Crippen MR) is 69.4 cm³/mol. The topological polar surface area (TPSA) is 76.4 Å². The Bertz CT molecular complexity index is 657. The lowest BCUT2D eigenvalue weighted by atomic mass is 10.2. The zero-order chi connectivity index (χ0) is 13.9. The van der Waals surface area contributed by atoms with Gasteiger partial charge in [0.05, 0.1) is 16.7 Å². The van der Waals surface area contributed by atoms with Gasteiger partial charge < -0.3 is 9.73 Å². The van der Waals surface area contributed by atoms with Crippen molar-refractivity contribution in [2.75, 3.05) is 6.26 Å². The molecule has 5 nitrogen and oxygen atoms in total. The van der Waals surface area contributed by atoms with Crippen LogP contribution in [0.4, 0.5) is 0 Å². The first-order valence-corrected chi connectivity index (χ1v) is 7.45. The van der Waals surface area contributed by atoms with Crippen molar-refractivity contribution in [3.63, 3.8) is 0 Å². The maximum Gasteiger partial charge on any atom is 0.254 e. The minimum atomic E-state index is -3.19. The van der Waals surface area contributed by atoms with Crippen LogP contribution in [0, 0.1) is 0 Å². The zero-order valence-electron chi connectivity index (χ0n) is 10.3. The minimum absolute atomic E-state index is 0.235. The summed E-state index contributed by atoms with van der Waals surface area (Å²) in [6.07, 6.45) is 3.95. The number of carbonyl (C=O) groups is 1. The smallest absolute Gasteiger partial charge is 0.254 e. The number of sulfone groups is 1. The third-order valence-electron chi connectivity index (χ3n) is 2.59. The van der Waals surface area contributed by atoms with Crippen molar-refractivity contribution in [2.24, 2.45) is 0 Å². The van der Waals surface area contributed by atoms with Gasteiger partial charge in [0.15, 0.2) is 9.84 Å². The average molecular weight is 279 g/mol. The molecule has 6 heteroatoms. The minimum Gasteiger partial charge on any atom is -0.472 e. The van der Waals surface area contributed by atoms with Crippen LogP contribution >= 0.6 is 0 Å². The molecule has 0 aliphatic carbocycles. The summed E-state index contributed by atoms with van der Waals surface area (Å²) in [4.78, 5) is 11.9. The van der Waals surface area contributed by atoms with Crippen molar-refractivity contribution < 1.29 is 17.6 Å². The molecule has 2 rings (SSSR count). The van der Waals surface area contributed by atoms with Crippen LogP contribution in [0.3, 0.4) is 0 Å². The van der Waals surface area contributed by atoms with E-state index in [1.54, 1.807) is 18.2 Å². The van der Waals surface area contributed by atoms with E-state index in [0.29, 0.717) is 12.1 Å². The number of hydrogen-bond donors (Lipinski definition) is 1. The number of furan rings is 1. The molecule has 0 atom stereocenters. The maximum atomic E-state index is 11.6. The Kier molecular flexibility index (Phi) is 3.71. The highest BCUT2D eigenvalue weighted by atomic mass is 32.2. The van der Waals surface area contributed by atoms with Gasteiger partial charge in [0, 0.05) is 12.8 Å². The average Bonchev–Trinajstić information content (AvgIpc) is 2.89. The summed E-state index contributed by atoms with van der Waals surface area (Å²) >= 11 is 0. The number of benzene rings is 1. The second-order valence-electron chi connectivity index (χ2n) is 4.11. The summed E-state index contributed by atoms with van der Waals surface area (Å²) < 4.78 is 27.4. The zero-order valence-corrected chi connectivity index (χ0v) is 11.1. The van der Waals surface area contributed by atoms with Crippen LogP contribution < -0.4 is 5.32 Å². The molecular formula is C13H13NO4S. The molecular weight excluding hydrogens is 266 g/mol. The molecule has 0 saturated heterocycles. The molecule has 0 bridgehead atoms. The quantitative estimate of drug-likeness (QED) is 0.922. The Morgan fingerprint density at radius 3 is 2.42 bits per heavy atom. The molecule has 0 aliphatic heterocycles. The van der Waals surface area contributed by atoms with Gasteiger partial charge in [-0.15, -0.1) is 0 Å². The lowest BCUT2D eigenvalue weighted by molar-refractivity contribution is 0.0950. The number of nitrogens with one attached hydrogen (secondary N) is 1. The van der Waals surface area contributed by atoms with Crippen LogP contribution in [-0.4, -0.2) is 20.6 Å². The van der Waals surface area contributed by atoms with Crippen molar-refractivity contribution in [1.82, 2.24) is 5.32 Å². The van der Waals surface area contributed by atoms with Gasteiger partial charge in [-0.25, -0.2) is 8.42 Å². The maximum absolute atomic E-state index is 11.6. The van der Waals surface area contributed by atoms with E-state index >= 15 is 0 Å². The van der Waals surface area contributed by atoms with E-state index in [9.17, 15) is 13.2 Å².